The van der Waals surface area contributed by atoms with Gasteiger partial charge in [-0.25, -0.2) is 17.9 Å². The molecule has 0 fully saturated rings. The summed E-state index contributed by atoms with van der Waals surface area (Å²) in [7, 11) is -3.99. The third kappa shape index (κ3) is 3.19. The summed E-state index contributed by atoms with van der Waals surface area (Å²) in [5, 5.41) is 7.99. The highest BCUT2D eigenvalue weighted by Gasteiger charge is 2.15. The lowest BCUT2D eigenvalue weighted by molar-refractivity contribution is 0.598. The summed E-state index contributed by atoms with van der Waals surface area (Å²) in [5.41, 5.74) is 5.96. The van der Waals surface area contributed by atoms with Crippen LogP contribution in [0, 0.1) is 5.82 Å². The summed E-state index contributed by atoms with van der Waals surface area (Å²) in [6.07, 6.45) is 0. The number of hydrogen-bond donors (Lipinski definition) is 3. The minimum atomic E-state index is -3.99. The Morgan fingerprint density at radius 3 is 2.35 bits per heavy atom. The van der Waals surface area contributed by atoms with Crippen molar-refractivity contribution in [1.82, 2.24) is 0 Å². The third-order valence-electron chi connectivity index (χ3n) is 2.51. The van der Waals surface area contributed by atoms with Gasteiger partial charge in [-0.15, -0.1) is 0 Å². The van der Waals surface area contributed by atoms with Gasteiger partial charge in [-0.05, 0) is 36.4 Å². The van der Waals surface area contributed by atoms with Gasteiger partial charge in [0, 0.05) is 10.7 Å². The highest BCUT2D eigenvalue weighted by molar-refractivity contribution is 7.89. The normalized spacial score (nSPS) is 11.3. The van der Waals surface area contributed by atoms with Crippen molar-refractivity contribution in [3.63, 3.8) is 0 Å². The van der Waals surface area contributed by atoms with Crippen molar-refractivity contribution in [3.8, 4) is 0 Å². The highest BCUT2D eigenvalue weighted by Crippen LogP contribution is 2.28. The summed E-state index contributed by atoms with van der Waals surface area (Å²) in [4.78, 5) is -0.216. The van der Waals surface area contributed by atoms with E-state index in [9.17, 15) is 12.8 Å². The van der Waals surface area contributed by atoms with E-state index in [2.05, 4.69) is 5.32 Å². The number of nitrogen functional groups attached to an aromatic ring is 1. The van der Waals surface area contributed by atoms with E-state index in [1.165, 1.54) is 30.3 Å². The number of benzene rings is 2. The van der Waals surface area contributed by atoms with Gasteiger partial charge >= 0.3 is 0 Å². The lowest BCUT2D eigenvalue weighted by atomic mass is 10.2. The predicted molar refractivity (Wildman–Crippen MR) is 76.9 cm³/mol. The van der Waals surface area contributed by atoms with Crippen LogP contribution in [0.5, 0.6) is 0 Å². The number of nitrogens with one attached hydrogen (secondary N) is 1. The molecule has 0 saturated carbocycles. The molecule has 8 heteroatoms. The second-order valence-corrected chi connectivity index (χ2v) is 6.02. The predicted octanol–water partition coefficient (Wildman–Crippen LogP) is 2.45. The molecule has 0 bridgehead atoms. The fraction of sp³-hybridized carbons (Fsp3) is 0. The molecule has 0 radical (unpaired) electrons. The molecule has 0 aromatic heterocycles. The van der Waals surface area contributed by atoms with Crippen LogP contribution in [0.25, 0.3) is 0 Å². The molecule has 106 valence electrons. The number of rotatable bonds is 3. The lowest BCUT2D eigenvalue weighted by Crippen LogP contribution is -2.14. The Bertz CT molecular complexity index is 765. The van der Waals surface area contributed by atoms with Gasteiger partial charge in [0.15, 0.2) is 0 Å². The van der Waals surface area contributed by atoms with Gasteiger partial charge in [0.05, 0.1) is 11.4 Å². The average molecular weight is 316 g/mol. The van der Waals surface area contributed by atoms with E-state index < -0.39 is 15.8 Å². The van der Waals surface area contributed by atoms with Crippen LogP contribution < -0.4 is 16.2 Å². The van der Waals surface area contributed by atoms with Gasteiger partial charge in [-0.1, -0.05) is 11.6 Å². The highest BCUT2D eigenvalue weighted by atomic mass is 35.5. The van der Waals surface area contributed by atoms with E-state index in [0.717, 1.165) is 6.07 Å². The standard InChI is InChI=1S/C12H11ClFN3O2S/c13-7-1-3-10(9(14)5-7)17-11-4-2-8(15)6-12(11)20(16,18)19/h1-6,17H,15H2,(H2,16,18,19). The second-order valence-electron chi connectivity index (χ2n) is 4.05. The van der Waals surface area contributed by atoms with Gasteiger partial charge in [0.25, 0.3) is 0 Å². The first-order valence-corrected chi connectivity index (χ1v) is 7.34. The van der Waals surface area contributed by atoms with E-state index in [-0.39, 0.29) is 27.0 Å². The van der Waals surface area contributed by atoms with Crippen LogP contribution in [0.1, 0.15) is 0 Å². The van der Waals surface area contributed by atoms with Gasteiger partial charge in [0.2, 0.25) is 10.0 Å². The number of hydrogen-bond acceptors (Lipinski definition) is 4. The first kappa shape index (κ1) is 14.6. The van der Waals surface area contributed by atoms with Crippen LogP contribution in [0.2, 0.25) is 5.02 Å². The zero-order valence-corrected chi connectivity index (χ0v) is 11.7. The molecule has 0 unspecified atom stereocenters. The monoisotopic (exact) mass is 315 g/mol. The molecule has 2 aromatic rings. The number of halogens is 2. The summed E-state index contributed by atoms with van der Waals surface area (Å²) < 4.78 is 36.7. The summed E-state index contributed by atoms with van der Waals surface area (Å²) in [6.45, 7) is 0. The molecule has 5 nitrogen and oxygen atoms in total. The maximum atomic E-state index is 13.7. The number of anilines is 3. The fourth-order valence-corrected chi connectivity index (χ4v) is 2.50. The Kier molecular flexibility index (Phi) is 3.85. The van der Waals surface area contributed by atoms with Crippen molar-refractivity contribution >= 4 is 38.7 Å². The van der Waals surface area contributed by atoms with Crippen molar-refractivity contribution in [2.24, 2.45) is 5.14 Å². The van der Waals surface area contributed by atoms with Crippen molar-refractivity contribution in [3.05, 3.63) is 47.2 Å². The van der Waals surface area contributed by atoms with Crippen LogP contribution in [-0.2, 0) is 10.0 Å². The largest absolute Gasteiger partial charge is 0.399 e. The van der Waals surface area contributed by atoms with E-state index in [4.69, 9.17) is 22.5 Å². The zero-order valence-electron chi connectivity index (χ0n) is 10.1. The second kappa shape index (κ2) is 5.28. The molecule has 20 heavy (non-hydrogen) atoms. The smallest absolute Gasteiger partial charge is 0.240 e. The van der Waals surface area contributed by atoms with Crippen LogP contribution >= 0.6 is 11.6 Å². The van der Waals surface area contributed by atoms with Gasteiger partial charge in [-0.2, -0.15) is 0 Å². The molecule has 2 rings (SSSR count). The summed E-state index contributed by atoms with van der Waals surface area (Å²) in [5.74, 6) is -0.616. The maximum absolute atomic E-state index is 13.7. The third-order valence-corrected chi connectivity index (χ3v) is 3.70. The minimum Gasteiger partial charge on any atom is -0.399 e. The van der Waals surface area contributed by atoms with E-state index in [0.29, 0.717) is 0 Å². The molecule has 0 atom stereocenters. The average Bonchev–Trinajstić information content (AvgIpc) is 2.33. The first-order valence-electron chi connectivity index (χ1n) is 5.42. The Hall–Kier alpha value is -1.83. The molecule has 0 aliphatic carbocycles. The van der Waals surface area contributed by atoms with Crippen molar-refractivity contribution in [2.75, 3.05) is 11.1 Å². The Balaban J connectivity index is 2.49. The van der Waals surface area contributed by atoms with Crippen LogP contribution in [-0.4, -0.2) is 8.42 Å². The SMILES string of the molecule is Nc1ccc(Nc2ccc(Cl)cc2F)c(S(N)(=O)=O)c1. The van der Waals surface area contributed by atoms with Crippen molar-refractivity contribution < 1.29 is 12.8 Å². The Labute approximate surface area is 120 Å². The van der Waals surface area contributed by atoms with Crippen molar-refractivity contribution in [1.29, 1.82) is 0 Å². The fourth-order valence-electron chi connectivity index (χ4n) is 1.61. The molecule has 0 amide bonds. The molecule has 0 spiro atoms. The molecule has 0 heterocycles. The maximum Gasteiger partial charge on any atom is 0.240 e. The molecule has 2 aromatic carbocycles. The number of nitrogens with two attached hydrogens (primary N) is 2. The number of sulfonamides is 1. The van der Waals surface area contributed by atoms with Crippen LogP contribution in [0.15, 0.2) is 41.3 Å². The summed E-state index contributed by atoms with van der Waals surface area (Å²) >= 11 is 5.64. The van der Waals surface area contributed by atoms with Crippen LogP contribution in [0.3, 0.4) is 0 Å². The topological polar surface area (TPSA) is 98.2 Å². The summed E-state index contributed by atoms with van der Waals surface area (Å²) in [6, 6.07) is 8.05. The minimum absolute atomic E-state index is 0.0732. The van der Waals surface area contributed by atoms with E-state index in [1.807, 2.05) is 0 Å². The van der Waals surface area contributed by atoms with Gasteiger partial charge < -0.3 is 11.1 Å². The Morgan fingerprint density at radius 1 is 1.10 bits per heavy atom. The molecule has 0 aliphatic heterocycles. The van der Waals surface area contributed by atoms with Gasteiger partial charge in [0.1, 0.15) is 10.7 Å². The van der Waals surface area contributed by atoms with E-state index >= 15 is 0 Å². The quantitative estimate of drug-likeness (QED) is 0.758. The molecule has 5 N–H and O–H groups in total. The Morgan fingerprint density at radius 2 is 1.75 bits per heavy atom. The molecule has 0 aliphatic rings. The molecule has 0 saturated heterocycles. The number of primary sulfonamides is 1. The van der Waals surface area contributed by atoms with Crippen LogP contribution in [0.4, 0.5) is 21.5 Å². The van der Waals surface area contributed by atoms with Crippen molar-refractivity contribution in [2.45, 2.75) is 4.90 Å². The zero-order chi connectivity index (χ0) is 14.9. The first-order chi connectivity index (χ1) is 9.27. The van der Waals surface area contributed by atoms with Gasteiger partial charge in [-0.3, -0.25) is 0 Å². The molecular formula is C12H11ClFN3O2S. The van der Waals surface area contributed by atoms with E-state index in [1.54, 1.807) is 0 Å². The molecular weight excluding hydrogens is 305 g/mol. The lowest BCUT2D eigenvalue weighted by Gasteiger charge is -2.12.